The number of anilines is 2. The average Bonchev–Trinajstić information content (AvgIpc) is 3.13. The standard InChI is InChI=1S/C20H23N3O3.ClH/c1-26-18-10-9-15(13-16(18)21)22-20(25)17-8-5-11-23(17)19(24)12-14-6-3-2-4-7-14;/h2-4,6-7,9-10,13,17H,5,8,11-12,21H2,1H3,(H,22,25);1H. The Kier molecular flexibility index (Phi) is 7.07. The predicted octanol–water partition coefficient (Wildman–Crippen LogP) is 2.87. The van der Waals surface area contributed by atoms with Gasteiger partial charge in [0.2, 0.25) is 11.8 Å². The first-order chi connectivity index (χ1) is 12.6. The van der Waals surface area contributed by atoms with E-state index in [1.807, 2.05) is 30.3 Å². The number of nitrogens with two attached hydrogens (primary N) is 1. The fourth-order valence-corrected chi connectivity index (χ4v) is 3.25. The molecule has 0 radical (unpaired) electrons. The van der Waals surface area contributed by atoms with E-state index < -0.39 is 6.04 Å². The summed E-state index contributed by atoms with van der Waals surface area (Å²) in [4.78, 5) is 27.0. The number of rotatable bonds is 5. The molecule has 0 bridgehead atoms. The van der Waals surface area contributed by atoms with Gasteiger partial charge in [-0.2, -0.15) is 0 Å². The van der Waals surface area contributed by atoms with Crippen molar-refractivity contribution in [1.82, 2.24) is 4.90 Å². The number of carbonyl (C=O) groups excluding carboxylic acids is 2. The Morgan fingerprint density at radius 3 is 2.63 bits per heavy atom. The van der Waals surface area contributed by atoms with E-state index in [1.165, 1.54) is 0 Å². The quantitative estimate of drug-likeness (QED) is 0.770. The summed E-state index contributed by atoms with van der Waals surface area (Å²) in [5, 5.41) is 2.86. The van der Waals surface area contributed by atoms with Crippen LogP contribution < -0.4 is 15.8 Å². The van der Waals surface area contributed by atoms with E-state index in [2.05, 4.69) is 5.32 Å². The summed E-state index contributed by atoms with van der Waals surface area (Å²) in [5.74, 6) is 0.347. The summed E-state index contributed by atoms with van der Waals surface area (Å²) in [5.41, 5.74) is 7.88. The Morgan fingerprint density at radius 2 is 1.96 bits per heavy atom. The average molecular weight is 390 g/mol. The minimum atomic E-state index is -0.450. The molecule has 1 aliphatic rings. The molecule has 1 atom stereocenters. The molecule has 0 aromatic heterocycles. The first kappa shape index (κ1) is 20.6. The highest BCUT2D eigenvalue weighted by Crippen LogP contribution is 2.26. The van der Waals surface area contributed by atoms with E-state index in [0.717, 1.165) is 12.0 Å². The number of hydrogen-bond acceptors (Lipinski definition) is 4. The lowest BCUT2D eigenvalue weighted by Crippen LogP contribution is -2.43. The van der Waals surface area contributed by atoms with Crippen LogP contribution in [0.25, 0.3) is 0 Å². The predicted molar refractivity (Wildman–Crippen MR) is 108 cm³/mol. The first-order valence-corrected chi connectivity index (χ1v) is 8.66. The van der Waals surface area contributed by atoms with Gasteiger partial charge in [-0.25, -0.2) is 0 Å². The minimum Gasteiger partial charge on any atom is -0.495 e. The number of halogens is 1. The molecule has 1 fully saturated rings. The van der Waals surface area contributed by atoms with Gasteiger partial charge in [-0.15, -0.1) is 12.4 Å². The van der Waals surface area contributed by atoms with Crippen LogP contribution in [0.4, 0.5) is 11.4 Å². The number of nitrogen functional groups attached to an aromatic ring is 1. The Bertz CT molecular complexity index is 798. The molecule has 1 heterocycles. The second kappa shape index (κ2) is 9.28. The minimum absolute atomic E-state index is 0. The van der Waals surface area contributed by atoms with Crippen LogP contribution in [0.3, 0.4) is 0 Å². The van der Waals surface area contributed by atoms with E-state index in [9.17, 15) is 9.59 Å². The molecule has 2 aromatic rings. The number of benzene rings is 2. The maximum Gasteiger partial charge on any atom is 0.247 e. The first-order valence-electron chi connectivity index (χ1n) is 8.66. The number of carbonyl (C=O) groups is 2. The largest absolute Gasteiger partial charge is 0.495 e. The molecule has 2 amide bonds. The highest BCUT2D eigenvalue weighted by atomic mass is 35.5. The van der Waals surface area contributed by atoms with E-state index >= 15 is 0 Å². The molecule has 1 saturated heterocycles. The third-order valence-corrected chi connectivity index (χ3v) is 4.57. The topological polar surface area (TPSA) is 84.7 Å². The summed E-state index contributed by atoms with van der Waals surface area (Å²) >= 11 is 0. The zero-order chi connectivity index (χ0) is 18.5. The number of hydrogen-bond donors (Lipinski definition) is 2. The van der Waals surface area contributed by atoms with Crippen LogP contribution in [-0.4, -0.2) is 36.4 Å². The van der Waals surface area contributed by atoms with Gasteiger partial charge in [-0.1, -0.05) is 30.3 Å². The van der Waals surface area contributed by atoms with E-state index in [1.54, 1.807) is 30.2 Å². The third kappa shape index (κ3) is 4.92. The SMILES string of the molecule is COc1ccc(NC(=O)C2CCCN2C(=O)Cc2ccccc2)cc1N.Cl. The van der Waals surface area contributed by atoms with Crippen LogP contribution in [0.5, 0.6) is 5.75 Å². The highest BCUT2D eigenvalue weighted by Gasteiger charge is 2.33. The van der Waals surface area contributed by atoms with Crippen molar-refractivity contribution in [1.29, 1.82) is 0 Å². The van der Waals surface area contributed by atoms with Crippen LogP contribution in [0.15, 0.2) is 48.5 Å². The molecule has 1 aliphatic heterocycles. The Labute approximate surface area is 165 Å². The normalized spacial score (nSPS) is 15.7. The Hall–Kier alpha value is -2.73. The van der Waals surface area contributed by atoms with Crippen molar-refractivity contribution >= 4 is 35.6 Å². The fraction of sp³-hybridized carbons (Fsp3) is 0.300. The molecular weight excluding hydrogens is 366 g/mol. The highest BCUT2D eigenvalue weighted by molar-refractivity contribution is 5.98. The van der Waals surface area contributed by atoms with Crippen LogP contribution in [0.1, 0.15) is 18.4 Å². The number of nitrogens with one attached hydrogen (secondary N) is 1. The van der Waals surface area contributed by atoms with Gasteiger partial charge in [0.15, 0.2) is 0 Å². The molecule has 3 rings (SSSR count). The second-order valence-corrected chi connectivity index (χ2v) is 6.35. The van der Waals surface area contributed by atoms with Crippen molar-refractivity contribution in [3.63, 3.8) is 0 Å². The van der Waals surface area contributed by atoms with Crippen molar-refractivity contribution in [2.45, 2.75) is 25.3 Å². The lowest BCUT2D eigenvalue weighted by molar-refractivity contribution is -0.136. The molecular formula is C20H24ClN3O3. The van der Waals surface area contributed by atoms with Gasteiger partial charge in [-0.05, 0) is 36.6 Å². The van der Waals surface area contributed by atoms with Gasteiger partial charge >= 0.3 is 0 Å². The van der Waals surface area contributed by atoms with Gasteiger partial charge in [0.25, 0.3) is 0 Å². The molecule has 0 spiro atoms. The van der Waals surface area contributed by atoms with Gasteiger partial charge in [-0.3, -0.25) is 9.59 Å². The van der Waals surface area contributed by atoms with E-state index in [-0.39, 0.29) is 24.2 Å². The summed E-state index contributed by atoms with van der Waals surface area (Å²) in [6, 6.07) is 14.2. The molecule has 0 saturated carbocycles. The summed E-state index contributed by atoms with van der Waals surface area (Å²) in [7, 11) is 1.54. The number of nitrogens with zero attached hydrogens (tertiary/aromatic N) is 1. The van der Waals surface area contributed by atoms with Gasteiger partial charge in [0.05, 0.1) is 19.2 Å². The maximum atomic E-state index is 12.7. The van der Waals surface area contributed by atoms with Crippen LogP contribution in [0.2, 0.25) is 0 Å². The summed E-state index contributed by atoms with van der Waals surface area (Å²) in [6.07, 6.45) is 1.79. The molecule has 0 aliphatic carbocycles. The molecule has 6 nitrogen and oxygen atoms in total. The maximum absolute atomic E-state index is 12.7. The van der Waals surface area contributed by atoms with E-state index in [0.29, 0.717) is 36.5 Å². The van der Waals surface area contributed by atoms with Crippen molar-refractivity contribution < 1.29 is 14.3 Å². The van der Waals surface area contributed by atoms with Crippen molar-refractivity contribution in [2.24, 2.45) is 0 Å². The smallest absolute Gasteiger partial charge is 0.247 e. The van der Waals surface area contributed by atoms with Crippen molar-refractivity contribution in [3.05, 3.63) is 54.1 Å². The zero-order valence-electron chi connectivity index (χ0n) is 15.2. The lowest BCUT2D eigenvalue weighted by Gasteiger charge is -2.24. The van der Waals surface area contributed by atoms with Crippen LogP contribution >= 0.6 is 12.4 Å². The lowest BCUT2D eigenvalue weighted by atomic mass is 10.1. The van der Waals surface area contributed by atoms with Crippen LogP contribution in [-0.2, 0) is 16.0 Å². The summed E-state index contributed by atoms with van der Waals surface area (Å²) < 4.78 is 5.12. The van der Waals surface area contributed by atoms with Crippen LogP contribution in [0, 0.1) is 0 Å². The second-order valence-electron chi connectivity index (χ2n) is 6.35. The fourth-order valence-electron chi connectivity index (χ4n) is 3.25. The number of methoxy groups -OCH3 is 1. The molecule has 2 aromatic carbocycles. The Morgan fingerprint density at radius 1 is 1.22 bits per heavy atom. The Balaban J connectivity index is 0.00000261. The number of amides is 2. The molecule has 3 N–H and O–H groups in total. The van der Waals surface area contributed by atoms with Gasteiger partial charge in [0, 0.05) is 12.2 Å². The monoisotopic (exact) mass is 389 g/mol. The zero-order valence-corrected chi connectivity index (χ0v) is 16.0. The van der Waals surface area contributed by atoms with Gasteiger partial charge in [0.1, 0.15) is 11.8 Å². The van der Waals surface area contributed by atoms with Gasteiger partial charge < -0.3 is 20.7 Å². The van der Waals surface area contributed by atoms with Crippen molar-refractivity contribution in [2.75, 3.05) is 24.7 Å². The molecule has 1 unspecified atom stereocenters. The number of likely N-dealkylation sites (tertiary alicyclic amines) is 1. The molecule has 27 heavy (non-hydrogen) atoms. The molecule has 7 heteroatoms. The van der Waals surface area contributed by atoms with E-state index in [4.69, 9.17) is 10.5 Å². The molecule has 144 valence electrons. The third-order valence-electron chi connectivity index (χ3n) is 4.57. The van der Waals surface area contributed by atoms with Crippen molar-refractivity contribution in [3.8, 4) is 5.75 Å². The summed E-state index contributed by atoms with van der Waals surface area (Å²) in [6.45, 7) is 0.606. The number of ether oxygens (including phenoxy) is 1.